The molecule has 0 aliphatic carbocycles. The molecule has 1 aliphatic heterocycles. The van der Waals surface area contributed by atoms with Crippen LogP contribution in [0.3, 0.4) is 0 Å². The number of hydrogen-bond acceptors (Lipinski definition) is 5. The Hall–Kier alpha value is -1.50. The van der Waals surface area contributed by atoms with E-state index in [1.807, 2.05) is 0 Å². The number of rotatable bonds is 2. The van der Waals surface area contributed by atoms with Gasteiger partial charge < -0.3 is 10.0 Å². The minimum absolute atomic E-state index is 0.230. The zero-order chi connectivity index (χ0) is 12.4. The van der Waals surface area contributed by atoms with Gasteiger partial charge in [-0.1, -0.05) is 0 Å². The maximum absolute atomic E-state index is 13.7. The number of halogens is 1. The first-order valence-corrected chi connectivity index (χ1v) is 6.24. The molecular formula is C10H11FN2O3S. The van der Waals surface area contributed by atoms with Crippen molar-refractivity contribution >= 4 is 23.1 Å². The normalized spacial score (nSPS) is 15.9. The van der Waals surface area contributed by atoms with Crippen LogP contribution in [0.15, 0.2) is 12.1 Å². The summed E-state index contributed by atoms with van der Waals surface area (Å²) in [6.07, 6.45) is 0. The molecule has 0 radical (unpaired) electrons. The Morgan fingerprint density at radius 2 is 2.06 bits per heavy atom. The standard InChI is InChI=1S/C10H11FN2O3S/c11-7-5-9(13(15)16)10(14)6-8(7)12-1-3-17-4-2-12/h5-6,14H,1-4H2. The maximum Gasteiger partial charge on any atom is 0.313 e. The highest BCUT2D eigenvalue weighted by atomic mass is 32.2. The van der Waals surface area contributed by atoms with Crippen LogP contribution in [0.1, 0.15) is 0 Å². The summed E-state index contributed by atoms with van der Waals surface area (Å²) in [5.74, 6) is 0.611. The van der Waals surface area contributed by atoms with Crippen LogP contribution in [0.4, 0.5) is 15.8 Å². The van der Waals surface area contributed by atoms with Crippen molar-refractivity contribution in [1.82, 2.24) is 0 Å². The Kier molecular flexibility index (Phi) is 3.37. The van der Waals surface area contributed by atoms with E-state index in [0.29, 0.717) is 13.1 Å². The number of phenols is 1. The molecule has 7 heteroatoms. The number of anilines is 1. The Bertz CT molecular complexity index is 449. The van der Waals surface area contributed by atoms with Gasteiger partial charge in [0.15, 0.2) is 11.6 Å². The van der Waals surface area contributed by atoms with Gasteiger partial charge in [0.2, 0.25) is 0 Å². The number of thioether (sulfide) groups is 1. The van der Waals surface area contributed by atoms with Gasteiger partial charge in [-0.15, -0.1) is 0 Å². The highest BCUT2D eigenvalue weighted by Crippen LogP contribution is 2.33. The van der Waals surface area contributed by atoms with Crippen LogP contribution in [0, 0.1) is 15.9 Å². The second kappa shape index (κ2) is 4.79. The van der Waals surface area contributed by atoms with Crippen molar-refractivity contribution in [3.05, 3.63) is 28.1 Å². The van der Waals surface area contributed by atoms with Gasteiger partial charge in [0.1, 0.15) is 0 Å². The summed E-state index contributed by atoms with van der Waals surface area (Å²) in [5.41, 5.74) is -0.369. The zero-order valence-corrected chi connectivity index (χ0v) is 9.74. The lowest BCUT2D eigenvalue weighted by molar-refractivity contribution is -0.386. The Morgan fingerprint density at radius 3 is 2.65 bits per heavy atom. The third-order valence-electron chi connectivity index (χ3n) is 2.59. The molecule has 0 bridgehead atoms. The largest absolute Gasteiger partial charge is 0.502 e. The predicted molar refractivity (Wildman–Crippen MR) is 64.3 cm³/mol. The van der Waals surface area contributed by atoms with Crippen LogP contribution >= 0.6 is 11.8 Å². The van der Waals surface area contributed by atoms with Crippen molar-refractivity contribution in [2.75, 3.05) is 29.5 Å². The summed E-state index contributed by atoms with van der Waals surface area (Å²) in [5, 5.41) is 20.0. The van der Waals surface area contributed by atoms with Gasteiger partial charge in [-0.2, -0.15) is 11.8 Å². The van der Waals surface area contributed by atoms with Crippen molar-refractivity contribution in [1.29, 1.82) is 0 Å². The molecule has 1 aromatic carbocycles. The summed E-state index contributed by atoms with van der Waals surface area (Å²) < 4.78 is 13.7. The molecule has 1 aromatic rings. The van der Waals surface area contributed by atoms with E-state index in [0.717, 1.165) is 23.6 Å². The van der Waals surface area contributed by atoms with Crippen molar-refractivity contribution in [3.8, 4) is 5.75 Å². The van der Waals surface area contributed by atoms with E-state index in [4.69, 9.17) is 0 Å². The molecule has 0 spiro atoms. The first-order chi connectivity index (χ1) is 8.09. The topological polar surface area (TPSA) is 66.6 Å². The van der Waals surface area contributed by atoms with E-state index in [1.165, 1.54) is 0 Å². The number of nitro groups is 1. The molecule has 0 amide bonds. The molecule has 5 nitrogen and oxygen atoms in total. The molecule has 1 heterocycles. The second-order valence-electron chi connectivity index (χ2n) is 3.65. The molecule has 92 valence electrons. The summed E-state index contributed by atoms with van der Waals surface area (Å²) in [7, 11) is 0. The third kappa shape index (κ3) is 2.44. The quantitative estimate of drug-likeness (QED) is 0.649. The molecule has 0 saturated carbocycles. The fraction of sp³-hybridized carbons (Fsp3) is 0.400. The summed E-state index contributed by atoms with van der Waals surface area (Å²) in [4.78, 5) is 11.5. The van der Waals surface area contributed by atoms with Crippen LogP contribution in [-0.2, 0) is 0 Å². The van der Waals surface area contributed by atoms with Crippen LogP contribution < -0.4 is 4.90 Å². The minimum Gasteiger partial charge on any atom is -0.502 e. The van der Waals surface area contributed by atoms with Crippen molar-refractivity contribution in [2.45, 2.75) is 0 Å². The fourth-order valence-corrected chi connectivity index (χ4v) is 2.64. The molecule has 1 saturated heterocycles. The van der Waals surface area contributed by atoms with Crippen LogP contribution in [-0.4, -0.2) is 34.6 Å². The monoisotopic (exact) mass is 258 g/mol. The van der Waals surface area contributed by atoms with Crippen LogP contribution in [0.5, 0.6) is 5.75 Å². The molecular weight excluding hydrogens is 247 g/mol. The van der Waals surface area contributed by atoms with Gasteiger partial charge >= 0.3 is 5.69 Å². The molecule has 0 unspecified atom stereocenters. The van der Waals surface area contributed by atoms with Gasteiger partial charge in [0.25, 0.3) is 0 Å². The van der Waals surface area contributed by atoms with E-state index >= 15 is 0 Å². The van der Waals surface area contributed by atoms with E-state index in [-0.39, 0.29) is 5.69 Å². The first-order valence-electron chi connectivity index (χ1n) is 5.09. The van der Waals surface area contributed by atoms with E-state index in [2.05, 4.69) is 0 Å². The average molecular weight is 258 g/mol. The van der Waals surface area contributed by atoms with Crippen LogP contribution in [0.2, 0.25) is 0 Å². The molecule has 0 aromatic heterocycles. The number of benzene rings is 1. The van der Waals surface area contributed by atoms with E-state index < -0.39 is 22.2 Å². The molecule has 0 atom stereocenters. The molecule has 17 heavy (non-hydrogen) atoms. The van der Waals surface area contributed by atoms with Gasteiger partial charge in [-0.25, -0.2) is 4.39 Å². The lowest BCUT2D eigenvalue weighted by atomic mass is 10.2. The zero-order valence-electron chi connectivity index (χ0n) is 8.93. The highest BCUT2D eigenvalue weighted by Gasteiger charge is 2.22. The first kappa shape index (κ1) is 12.0. The number of hydrogen-bond donors (Lipinski definition) is 1. The highest BCUT2D eigenvalue weighted by molar-refractivity contribution is 7.99. The third-order valence-corrected chi connectivity index (χ3v) is 3.53. The SMILES string of the molecule is O=[N+]([O-])c1cc(F)c(N2CCSCC2)cc1O. The second-order valence-corrected chi connectivity index (χ2v) is 4.87. The number of aromatic hydroxyl groups is 1. The van der Waals surface area contributed by atoms with Gasteiger partial charge in [-0.3, -0.25) is 10.1 Å². The van der Waals surface area contributed by atoms with E-state index in [9.17, 15) is 19.6 Å². The van der Waals surface area contributed by atoms with Crippen LogP contribution in [0.25, 0.3) is 0 Å². The average Bonchev–Trinajstić information content (AvgIpc) is 2.32. The fourth-order valence-electron chi connectivity index (χ4n) is 1.73. The summed E-state index contributed by atoms with van der Waals surface area (Å²) in [6, 6.07) is 1.90. The smallest absolute Gasteiger partial charge is 0.313 e. The lowest BCUT2D eigenvalue weighted by Crippen LogP contribution is -2.33. The molecule has 1 N–H and O–H groups in total. The molecule has 1 fully saturated rings. The van der Waals surface area contributed by atoms with Gasteiger partial charge in [0.05, 0.1) is 16.7 Å². The molecule has 1 aliphatic rings. The number of phenolic OH excluding ortho intramolecular Hbond substituents is 1. The van der Waals surface area contributed by atoms with Crippen molar-refractivity contribution < 1.29 is 14.4 Å². The number of nitrogens with zero attached hydrogens (tertiary/aromatic N) is 2. The summed E-state index contributed by atoms with van der Waals surface area (Å²) in [6.45, 7) is 1.36. The summed E-state index contributed by atoms with van der Waals surface area (Å²) >= 11 is 1.78. The number of nitro benzene ring substituents is 1. The maximum atomic E-state index is 13.7. The minimum atomic E-state index is -0.797. The van der Waals surface area contributed by atoms with E-state index in [1.54, 1.807) is 16.7 Å². The predicted octanol–water partition coefficient (Wildman–Crippen LogP) is 1.99. The van der Waals surface area contributed by atoms with Gasteiger partial charge in [-0.05, 0) is 0 Å². The Labute approximate surface area is 101 Å². The lowest BCUT2D eigenvalue weighted by Gasteiger charge is -2.28. The van der Waals surface area contributed by atoms with Crippen molar-refractivity contribution in [2.24, 2.45) is 0 Å². The molecule has 2 rings (SSSR count). The van der Waals surface area contributed by atoms with Crippen molar-refractivity contribution in [3.63, 3.8) is 0 Å². The van der Waals surface area contributed by atoms with Gasteiger partial charge in [0, 0.05) is 30.7 Å². The Balaban J connectivity index is 2.35. The Morgan fingerprint density at radius 1 is 1.41 bits per heavy atom.